The van der Waals surface area contributed by atoms with Crippen LogP contribution in [0.15, 0.2) is 22.2 Å². The van der Waals surface area contributed by atoms with Crippen molar-refractivity contribution in [3.63, 3.8) is 0 Å². The van der Waals surface area contributed by atoms with E-state index in [0.29, 0.717) is 17.3 Å². The molecule has 0 aliphatic heterocycles. The summed E-state index contributed by atoms with van der Waals surface area (Å²) in [7, 11) is 1.39. The molecule has 7 heteroatoms. The van der Waals surface area contributed by atoms with Gasteiger partial charge in [0, 0.05) is 18.0 Å². The van der Waals surface area contributed by atoms with Gasteiger partial charge in [0.05, 0.1) is 7.11 Å². The van der Waals surface area contributed by atoms with Crippen molar-refractivity contribution < 1.29 is 9.53 Å². The topological polar surface area (TPSA) is 84.1 Å². The molecule has 0 bridgehead atoms. The van der Waals surface area contributed by atoms with Gasteiger partial charge >= 0.3 is 5.97 Å². The van der Waals surface area contributed by atoms with E-state index in [9.17, 15) is 9.59 Å². The van der Waals surface area contributed by atoms with Crippen LogP contribution in [0.1, 0.15) is 26.7 Å². The van der Waals surface area contributed by atoms with Crippen LogP contribution < -0.4 is 10.9 Å². The number of nitrogens with zero attached hydrogens (tertiary/aromatic N) is 1. The molecular weight excluding hydrogens is 278 g/mol. The van der Waals surface area contributed by atoms with Gasteiger partial charge in [0.2, 0.25) is 0 Å². The molecule has 1 aromatic heterocycles. The van der Waals surface area contributed by atoms with Gasteiger partial charge in [-0.25, -0.2) is 4.98 Å². The molecule has 1 unspecified atom stereocenters. The highest BCUT2D eigenvalue weighted by Gasteiger charge is 2.33. The molecule has 6 nitrogen and oxygen atoms in total. The molecule has 0 fully saturated rings. The molecule has 0 amide bonds. The van der Waals surface area contributed by atoms with Gasteiger partial charge in [-0.1, -0.05) is 18.7 Å². The van der Waals surface area contributed by atoms with Crippen molar-refractivity contribution in [2.45, 2.75) is 37.4 Å². The quantitative estimate of drug-likeness (QED) is 0.426. The highest BCUT2D eigenvalue weighted by molar-refractivity contribution is 7.99. The maximum atomic E-state index is 11.9. The summed E-state index contributed by atoms with van der Waals surface area (Å²) in [6, 6.07) is 1.37. The van der Waals surface area contributed by atoms with Crippen LogP contribution in [0, 0.1) is 0 Å². The van der Waals surface area contributed by atoms with Crippen molar-refractivity contribution in [2.75, 3.05) is 19.4 Å². The number of thioether (sulfide) groups is 1. The van der Waals surface area contributed by atoms with Crippen LogP contribution in [0.2, 0.25) is 0 Å². The summed E-state index contributed by atoms with van der Waals surface area (Å²) in [5.74, 6) is 0.371. The fraction of sp³-hybridized carbons (Fsp3) is 0.615. The zero-order valence-corrected chi connectivity index (χ0v) is 12.9. The van der Waals surface area contributed by atoms with Gasteiger partial charge in [0.25, 0.3) is 5.56 Å². The Balaban J connectivity index is 2.58. The van der Waals surface area contributed by atoms with Crippen molar-refractivity contribution in [2.24, 2.45) is 0 Å². The van der Waals surface area contributed by atoms with Crippen molar-refractivity contribution in [1.29, 1.82) is 0 Å². The zero-order chi connectivity index (χ0) is 15.0. The van der Waals surface area contributed by atoms with Crippen LogP contribution in [0.5, 0.6) is 0 Å². The maximum absolute atomic E-state index is 11.9. The van der Waals surface area contributed by atoms with Gasteiger partial charge in [-0.2, -0.15) is 0 Å². The fourth-order valence-electron chi connectivity index (χ4n) is 1.67. The van der Waals surface area contributed by atoms with Crippen LogP contribution in [0.4, 0.5) is 0 Å². The molecule has 20 heavy (non-hydrogen) atoms. The van der Waals surface area contributed by atoms with Crippen molar-refractivity contribution in [1.82, 2.24) is 15.3 Å². The maximum Gasteiger partial charge on any atom is 0.325 e. The Morgan fingerprint density at radius 2 is 2.35 bits per heavy atom. The molecule has 0 spiro atoms. The predicted octanol–water partition coefficient (Wildman–Crippen LogP) is 1.18. The number of aromatic amines is 1. The second-order valence-electron chi connectivity index (χ2n) is 4.59. The lowest BCUT2D eigenvalue weighted by molar-refractivity contribution is -0.148. The van der Waals surface area contributed by atoms with Crippen LogP contribution in [0.25, 0.3) is 0 Å². The Morgan fingerprint density at radius 1 is 1.60 bits per heavy atom. The molecule has 1 rings (SSSR count). The number of methoxy groups -OCH3 is 1. The number of H-pyrrole nitrogens is 1. The van der Waals surface area contributed by atoms with Crippen LogP contribution in [-0.2, 0) is 9.53 Å². The third kappa shape index (κ3) is 4.97. The number of nitrogens with one attached hydrogen (secondary N) is 2. The van der Waals surface area contributed by atoms with Crippen LogP contribution in [-0.4, -0.2) is 40.9 Å². The number of rotatable bonds is 8. The van der Waals surface area contributed by atoms with Gasteiger partial charge in [-0.05, 0) is 26.3 Å². The van der Waals surface area contributed by atoms with Crippen molar-refractivity contribution in [3.8, 4) is 0 Å². The third-order valence-electron chi connectivity index (χ3n) is 2.89. The Labute approximate surface area is 122 Å². The first-order valence-electron chi connectivity index (χ1n) is 6.53. The first-order valence-corrected chi connectivity index (χ1v) is 7.52. The smallest absolute Gasteiger partial charge is 0.325 e. The molecule has 0 aromatic carbocycles. The van der Waals surface area contributed by atoms with E-state index >= 15 is 0 Å². The molecule has 1 atom stereocenters. The number of carbonyl (C=O) groups is 1. The fourth-order valence-corrected chi connectivity index (χ4v) is 2.68. The first-order chi connectivity index (χ1) is 9.51. The molecular formula is C13H21N3O3S. The number of carbonyl (C=O) groups excluding carboxylic acids is 1. The summed E-state index contributed by atoms with van der Waals surface area (Å²) in [4.78, 5) is 29.7. The Bertz CT molecular complexity index is 492. The average Bonchev–Trinajstić information content (AvgIpc) is 2.44. The largest absolute Gasteiger partial charge is 0.468 e. The lowest BCUT2D eigenvalue weighted by atomic mass is 9.99. The van der Waals surface area contributed by atoms with E-state index in [4.69, 9.17) is 4.74 Å². The highest BCUT2D eigenvalue weighted by atomic mass is 32.2. The van der Waals surface area contributed by atoms with E-state index in [1.54, 1.807) is 0 Å². The number of aromatic nitrogens is 2. The van der Waals surface area contributed by atoms with E-state index in [-0.39, 0.29) is 11.5 Å². The SMILES string of the molecule is CCCNC(C)(CCSc1nccc(=O)[nH]1)C(=O)OC. The molecule has 1 heterocycles. The second-order valence-corrected chi connectivity index (χ2v) is 5.67. The summed E-state index contributed by atoms with van der Waals surface area (Å²) < 4.78 is 4.85. The Kier molecular flexibility index (Phi) is 6.74. The lowest BCUT2D eigenvalue weighted by Crippen LogP contribution is -2.50. The van der Waals surface area contributed by atoms with E-state index in [2.05, 4.69) is 15.3 Å². The van der Waals surface area contributed by atoms with E-state index in [1.165, 1.54) is 31.1 Å². The second kappa shape index (κ2) is 8.06. The molecule has 0 saturated carbocycles. The summed E-state index contributed by atoms with van der Waals surface area (Å²) in [6.45, 7) is 4.62. The summed E-state index contributed by atoms with van der Waals surface area (Å²) in [5, 5.41) is 3.77. The molecule has 0 saturated heterocycles. The molecule has 1 aromatic rings. The standard InChI is InChI=1S/C13H21N3O3S/c1-4-7-15-13(2,11(18)19-3)6-9-20-12-14-8-5-10(17)16-12/h5,8,15H,4,6-7,9H2,1-3H3,(H,14,16,17). The molecule has 112 valence electrons. The van der Waals surface area contributed by atoms with Gasteiger partial charge in [-0.15, -0.1) is 0 Å². The van der Waals surface area contributed by atoms with Crippen molar-refractivity contribution >= 4 is 17.7 Å². The summed E-state index contributed by atoms with van der Waals surface area (Å²) >= 11 is 1.41. The van der Waals surface area contributed by atoms with Gasteiger partial charge in [-0.3, -0.25) is 9.59 Å². The number of ether oxygens (including phenoxy) is 1. The minimum Gasteiger partial charge on any atom is -0.468 e. The first kappa shape index (κ1) is 16.7. The van der Waals surface area contributed by atoms with Crippen molar-refractivity contribution in [3.05, 3.63) is 22.6 Å². The molecule has 0 aliphatic carbocycles. The number of hydrogen-bond donors (Lipinski definition) is 2. The number of esters is 1. The normalized spacial score (nSPS) is 13.8. The van der Waals surface area contributed by atoms with Crippen LogP contribution in [0.3, 0.4) is 0 Å². The average molecular weight is 299 g/mol. The Morgan fingerprint density at radius 3 is 2.95 bits per heavy atom. The van der Waals surface area contributed by atoms with Gasteiger partial charge < -0.3 is 15.0 Å². The number of hydrogen-bond acceptors (Lipinski definition) is 6. The summed E-state index contributed by atoms with van der Waals surface area (Å²) in [5.41, 5.74) is -0.894. The third-order valence-corrected chi connectivity index (χ3v) is 3.78. The predicted molar refractivity (Wildman–Crippen MR) is 78.9 cm³/mol. The summed E-state index contributed by atoms with van der Waals surface area (Å²) in [6.07, 6.45) is 2.99. The molecule has 0 radical (unpaired) electrons. The minimum absolute atomic E-state index is 0.178. The van der Waals surface area contributed by atoms with E-state index in [0.717, 1.165) is 13.0 Å². The van der Waals surface area contributed by atoms with E-state index in [1.807, 2.05) is 13.8 Å². The zero-order valence-electron chi connectivity index (χ0n) is 12.1. The minimum atomic E-state index is -0.715. The lowest BCUT2D eigenvalue weighted by Gasteiger charge is -2.27. The van der Waals surface area contributed by atoms with E-state index < -0.39 is 5.54 Å². The van der Waals surface area contributed by atoms with Gasteiger partial charge in [0.1, 0.15) is 5.54 Å². The van der Waals surface area contributed by atoms with Gasteiger partial charge in [0.15, 0.2) is 5.16 Å². The van der Waals surface area contributed by atoms with Crippen LogP contribution >= 0.6 is 11.8 Å². The molecule has 0 aliphatic rings. The highest BCUT2D eigenvalue weighted by Crippen LogP contribution is 2.19. The Hall–Kier alpha value is -1.34. The molecule has 2 N–H and O–H groups in total. The monoisotopic (exact) mass is 299 g/mol.